The summed E-state index contributed by atoms with van der Waals surface area (Å²) in [6.45, 7) is 1.89. The van der Waals surface area contributed by atoms with Crippen LogP contribution < -0.4 is 10.9 Å². The minimum atomic E-state index is -0.276. The van der Waals surface area contributed by atoms with Crippen LogP contribution in [-0.4, -0.2) is 33.2 Å². The number of carbonyl (C=O) groups is 1. The fourth-order valence-electron chi connectivity index (χ4n) is 1.67. The van der Waals surface area contributed by atoms with E-state index in [1.165, 1.54) is 22.2 Å². The summed E-state index contributed by atoms with van der Waals surface area (Å²) in [4.78, 5) is 28.5. The molecular formula is C12H15N3O3S. The first kappa shape index (κ1) is 13.7. The number of amides is 1. The fraction of sp³-hybridized carbons (Fsp3) is 0.417. The molecule has 0 saturated carbocycles. The Hall–Kier alpha value is -1.73. The van der Waals surface area contributed by atoms with Crippen LogP contribution in [0.2, 0.25) is 0 Å². The topological polar surface area (TPSA) is 84.2 Å². The molecule has 0 fully saturated rings. The molecule has 0 radical (unpaired) electrons. The lowest BCUT2D eigenvalue weighted by Crippen LogP contribution is -2.36. The van der Waals surface area contributed by atoms with E-state index >= 15 is 0 Å². The third-order valence-electron chi connectivity index (χ3n) is 2.71. The zero-order valence-electron chi connectivity index (χ0n) is 10.5. The SMILES string of the molecule is CC(CO)NC(=O)CCn1cnc2sccc2c1=O. The van der Waals surface area contributed by atoms with Crippen molar-refractivity contribution in [2.45, 2.75) is 25.9 Å². The molecule has 7 heteroatoms. The molecule has 1 atom stereocenters. The maximum Gasteiger partial charge on any atom is 0.262 e. The van der Waals surface area contributed by atoms with Crippen molar-refractivity contribution in [2.75, 3.05) is 6.61 Å². The van der Waals surface area contributed by atoms with E-state index in [9.17, 15) is 9.59 Å². The molecule has 6 nitrogen and oxygen atoms in total. The van der Waals surface area contributed by atoms with Gasteiger partial charge < -0.3 is 10.4 Å². The molecule has 0 bridgehead atoms. The van der Waals surface area contributed by atoms with Crippen LogP contribution in [0.4, 0.5) is 0 Å². The minimum Gasteiger partial charge on any atom is -0.394 e. The van der Waals surface area contributed by atoms with Gasteiger partial charge in [0.2, 0.25) is 5.91 Å². The fourth-order valence-corrected chi connectivity index (χ4v) is 2.39. The lowest BCUT2D eigenvalue weighted by atomic mass is 10.3. The van der Waals surface area contributed by atoms with Gasteiger partial charge in [0.15, 0.2) is 0 Å². The number of aliphatic hydroxyl groups excluding tert-OH is 1. The smallest absolute Gasteiger partial charge is 0.262 e. The van der Waals surface area contributed by atoms with Gasteiger partial charge in [-0.15, -0.1) is 11.3 Å². The molecule has 19 heavy (non-hydrogen) atoms. The van der Waals surface area contributed by atoms with E-state index in [0.29, 0.717) is 10.2 Å². The van der Waals surface area contributed by atoms with Crippen LogP contribution in [0.3, 0.4) is 0 Å². The van der Waals surface area contributed by atoms with Gasteiger partial charge in [-0.2, -0.15) is 0 Å². The highest BCUT2D eigenvalue weighted by Gasteiger charge is 2.09. The van der Waals surface area contributed by atoms with Crippen LogP contribution in [0.15, 0.2) is 22.6 Å². The number of hydrogen-bond donors (Lipinski definition) is 2. The molecule has 0 aliphatic heterocycles. The highest BCUT2D eigenvalue weighted by molar-refractivity contribution is 7.16. The number of nitrogens with one attached hydrogen (secondary N) is 1. The molecule has 0 spiro atoms. The van der Waals surface area contributed by atoms with E-state index in [1.54, 1.807) is 13.0 Å². The van der Waals surface area contributed by atoms with Gasteiger partial charge in [-0.3, -0.25) is 14.2 Å². The van der Waals surface area contributed by atoms with Crippen molar-refractivity contribution in [1.82, 2.24) is 14.9 Å². The van der Waals surface area contributed by atoms with E-state index in [4.69, 9.17) is 5.11 Å². The van der Waals surface area contributed by atoms with Gasteiger partial charge in [-0.1, -0.05) is 0 Å². The van der Waals surface area contributed by atoms with Gasteiger partial charge in [0.05, 0.1) is 18.3 Å². The Labute approximate surface area is 113 Å². The number of carbonyl (C=O) groups excluding carboxylic acids is 1. The summed E-state index contributed by atoms with van der Waals surface area (Å²) in [6.07, 6.45) is 1.64. The predicted octanol–water partition coefficient (Wildman–Crippen LogP) is 0.345. The maximum absolute atomic E-state index is 12.0. The summed E-state index contributed by atoms with van der Waals surface area (Å²) in [5, 5.41) is 13.9. The molecule has 0 aliphatic carbocycles. The second-order valence-electron chi connectivity index (χ2n) is 4.28. The van der Waals surface area contributed by atoms with Crippen molar-refractivity contribution < 1.29 is 9.90 Å². The Kier molecular flexibility index (Phi) is 4.28. The van der Waals surface area contributed by atoms with Gasteiger partial charge in [0.25, 0.3) is 5.56 Å². The van der Waals surface area contributed by atoms with Crippen molar-refractivity contribution in [2.24, 2.45) is 0 Å². The lowest BCUT2D eigenvalue weighted by Gasteiger charge is -2.11. The summed E-state index contributed by atoms with van der Waals surface area (Å²) >= 11 is 1.41. The van der Waals surface area contributed by atoms with Crippen molar-refractivity contribution >= 4 is 27.5 Å². The average molecular weight is 281 g/mol. The van der Waals surface area contributed by atoms with E-state index in [0.717, 1.165) is 0 Å². The molecule has 0 aromatic carbocycles. The Balaban J connectivity index is 2.04. The minimum absolute atomic E-state index is 0.103. The van der Waals surface area contributed by atoms with Crippen molar-refractivity contribution in [3.05, 3.63) is 28.1 Å². The predicted molar refractivity (Wildman–Crippen MR) is 73.2 cm³/mol. The van der Waals surface area contributed by atoms with Gasteiger partial charge in [0.1, 0.15) is 4.83 Å². The van der Waals surface area contributed by atoms with Crippen molar-refractivity contribution in [3.8, 4) is 0 Å². The van der Waals surface area contributed by atoms with E-state index in [1.807, 2.05) is 5.38 Å². The van der Waals surface area contributed by atoms with E-state index in [-0.39, 0.29) is 37.1 Å². The summed E-state index contributed by atoms with van der Waals surface area (Å²) in [6, 6.07) is 1.46. The first-order valence-corrected chi connectivity index (χ1v) is 6.82. The first-order chi connectivity index (χ1) is 9.11. The van der Waals surface area contributed by atoms with Crippen LogP contribution in [0, 0.1) is 0 Å². The number of nitrogens with zero attached hydrogens (tertiary/aromatic N) is 2. The summed E-state index contributed by atoms with van der Waals surface area (Å²) < 4.78 is 1.43. The highest BCUT2D eigenvalue weighted by Crippen LogP contribution is 2.13. The van der Waals surface area contributed by atoms with Crippen LogP contribution in [0.1, 0.15) is 13.3 Å². The number of hydrogen-bond acceptors (Lipinski definition) is 5. The second-order valence-corrected chi connectivity index (χ2v) is 5.18. The number of fused-ring (bicyclic) bond motifs is 1. The van der Waals surface area contributed by atoms with Gasteiger partial charge in [-0.25, -0.2) is 4.98 Å². The summed E-state index contributed by atoms with van der Waals surface area (Å²) in [7, 11) is 0. The number of thiophene rings is 1. The van der Waals surface area contributed by atoms with Crippen LogP contribution in [0.25, 0.3) is 10.2 Å². The molecule has 1 unspecified atom stereocenters. The number of aromatic nitrogens is 2. The molecule has 102 valence electrons. The van der Waals surface area contributed by atoms with Gasteiger partial charge in [-0.05, 0) is 18.4 Å². The molecule has 1 amide bonds. The standard InChI is InChI=1S/C12H15N3O3S/c1-8(6-16)14-10(17)2-4-15-7-13-11-9(12(15)18)3-5-19-11/h3,5,7-8,16H,2,4,6H2,1H3,(H,14,17). The molecule has 2 aromatic rings. The summed E-state index contributed by atoms with van der Waals surface area (Å²) in [5.41, 5.74) is -0.130. The third-order valence-corrected chi connectivity index (χ3v) is 3.53. The largest absolute Gasteiger partial charge is 0.394 e. The quantitative estimate of drug-likeness (QED) is 0.828. The first-order valence-electron chi connectivity index (χ1n) is 5.94. The maximum atomic E-state index is 12.0. The van der Waals surface area contributed by atoms with Crippen LogP contribution in [-0.2, 0) is 11.3 Å². The molecule has 2 aromatic heterocycles. The molecule has 2 heterocycles. The normalized spacial score (nSPS) is 12.5. The Morgan fingerprint density at radius 3 is 3.16 bits per heavy atom. The second kappa shape index (κ2) is 5.94. The Bertz CT molecular complexity index is 634. The molecule has 2 rings (SSSR count). The number of aryl methyl sites for hydroxylation is 1. The average Bonchev–Trinajstić information content (AvgIpc) is 2.87. The number of rotatable bonds is 5. The Morgan fingerprint density at radius 2 is 2.42 bits per heavy atom. The Morgan fingerprint density at radius 1 is 1.63 bits per heavy atom. The molecular weight excluding hydrogens is 266 g/mol. The van der Waals surface area contributed by atoms with Gasteiger partial charge >= 0.3 is 0 Å². The van der Waals surface area contributed by atoms with Crippen LogP contribution >= 0.6 is 11.3 Å². The lowest BCUT2D eigenvalue weighted by molar-refractivity contribution is -0.122. The highest BCUT2D eigenvalue weighted by atomic mass is 32.1. The summed E-state index contributed by atoms with van der Waals surface area (Å²) in [5.74, 6) is -0.195. The van der Waals surface area contributed by atoms with Crippen molar-refractivity contribution in [1.29, 1.82) is 0 Å². The van der Waals surface area contributed by atoms with Gasteiger partial charge in [0, 0.05) is 19.0 Å². The third kappa shape index (κ3) is 3.18. The molecule has 0 aliphatic rings. The van der Waals surface area contributed by atoms with E-state index in [2.05, 4.69) is 10.3 Å². The van der Waals surface area contributed by atoms with Crippen molar-refractivity contribution in [3.63, 3.8) is 0 Å². The monoisotopic (exact) mass is 281 g/mol. The zero-order valence-corrected chi connectivity index (χ0v) is 11.3. The van der Waals surface area contributed by atoms with E-state index < -0.39 is 0 Å². The number of aliphatic hydroxyl groups is 1. The zero-order chi connectivity index (χ0) is 13.8. The van der Waals surface area contributed by atoms with Crippen LogP contribution in [0.5, 0.6) is 0 Å². The molecule has 2 N–H and O–H groups in total. The molecule has 0 saturated heterocycles.